The Balaban J connectivity index is 0.00000240. The Kier molecular flexibility index (Phi) is 11.0. The number of piperazine rings is 1. The van der Waals surface area contributed by atoms with Gasteiger partial charge in [-0.05, 0) is 30.5 Å². The Morgan fingerprint density at radius 3 is 2.23 bits per heavy atom. The number of rotatable bonds is 6. The second kappa shape index (κ2) is 12.7. The zero-order chi connectivity index (χ0) is 20.8. The number of nitrogens with one attached hydrogen (secondary N) is 1. The van der Waals surface area contributed by atoms with Gasteiger partial charge in [0.05, 0.1) is 6.54 Å². The third kappa shape index (κ3) is 7.21. The number of nitrogens with two attached hydrogens (primary N) is 1. The van der Waals surface area contributed by atoms with Crippen molar-refractivity contribution >= 4 is 42.3 Å². The molecule has 1 saturated heterocycles. The molecule has 1 unspecified atom stereocenters. The number of hydrogen-bond donors (Lipinski definition) is 2. The highest BCUT2D eigenvalue weighted by molar-refractivity contribution is 5.93. The molecule has 31 heavy (non-hydrogen) atoms. The molecule has 2 aromatic carbocycles. The van der Waals surface area contributed by atoms with Gasteiger partial charge in [0.15, 0.2) is 0 Å². The first-order valence-electron chi connectivity index (χ1n) is 10.2. The Labute approximate surface area is 197 Å². The van der Waals surface area contributed by atoms with E-state index in [0.29, 0.717) is 32.7 Å². The molecule has 0 radical (unpaired) electrons. The molecule has 6 nitrogen and oxygen atoms in total. The topological polar surface area (TPSA) is 78.7 Å². The van der Waals surface area contributed by atoms with Crippen molar-refractivity contribution in [1.82, 2.24) is 9.80 Å². The number of aryl methyl sites for hydroxylation is 2. The van der Waals surface area contributed by atoms with Gasteiger partial charge in [0.1, 0.15) is 6.04 Å². The van der Waals surface area contributed by atoms with E-state index in [1.165, 1.54) is 0 Å². The number of carbonyl (C=O) groups excluding carboxylic acids is 2. The van der Waals surface area contributed by atoms with Crippen LogP contribution in [0.25, 0.3) is 0 Å². The lowest BCUT2D eigenvalue weighted by Gasteiger charge is -2.35. The van der Waals surface area contributed by atoms with Crippen molar-refractivity contribution < 1.29 is 9.59 Å². The predicted molar refractivity (Wildman–Crippen MR) is 130 cm³/mol. The highest BCUT2D eigenvalue weighted by Crippen LogP contribution is 2.17. The summed E-state index contributed by atoms with van der Waals surface area (Å²) in [6, 6.07) is 15.0. The minimum Gasteiger partial charge on any atom is -0.338 e. The highest BCUT2D eigenvalue weighted by atomic mass is 35.5. The largest absolute Gasteiger partial charge is 0.338 e. The Bertz CT molecular complexity index is 853. The van der Waals surface area contributed by atoms with E-state index < -0.39 is 6.04 Å². The molecular weight excluding hydrogens is 435 g/mol. The first kappa shape index (κ1) is 26.9. The number of nitrogens with zero attached hydrogens (tertiary/aromatic N) is 2. The van der Waals surface area contributed by atoms with Crippen LogP contribution in [0, 0.1) is 6.92 Å². The summed E-state index contributed by atoms with van der Waals surface area (Å²) in [6.07, 6.45) is 0.873. The van der Waals surface area contributed by atoms with Gasteiger partial charge in [-0.15, -0.1) is 24.8 Å². The maximum atomic E-state index is 12.7. The van der Waals surface area contributed by atoms with Crippen LogP contribution in [-0.4, -0.2) is 54.3 Å². The summed E-state index contributed by atoms with van der Waals surface area (Å²) >= 11 is 0. The molecule has 0 aromatic heterocycles. The van der Waals surface area contributed by atoms with Gasteiger partial charge < -0.3 is 16.0 Å². The van der Waals surface area contributed by atoms with Crippen molar-refractivity contribution in [2.24, 2.45) is 5.73 Å². The molecule has 2 aromatic rings. The maximum Gasteiger partial charge on any atom is 0.244 e. The van der Waals surface area contributed by atoms with Crippen LogP contribution in [0.4, 0.5) is 5.69 Å². The fourth-order valence-electron chi connectivity index (χ4n) is 3.58. The summed E-state index contributed by atoms with van der Waals surface area (Å²) in [7, 11) is 0. The van der Waals surface area contributed by atoms with Gasteiger partial charge in [-0.1, -0.05) is 55.0 Å². The van der Waals surface area contributed by atoms with Crippen molar-refractivity contribution in [1.29, 1.82) is 0 Å². The standard InChI is InChI=1S/C23H30N4O2.2ClH/c1-3-18-6-4-5-7-20(18)25-21(28)16-26-12-14-27(15-13-26)23(29)22(24)19-10-8-17(2)9-11-19;;/h4-11,22H,3,12-16,24H2,1-2H3,(H,25,28);2*1H. The van der Waals surface area contributed by atoms with Crippen LogP contribution < -0.4 is 11.1 Å². The van der Waals surface area contributed by atoms with E-state index >= 15 is 0 Å². The monoisotopic (exact) mass is 466 g/mol. The quantitative estimate of drug-likeness (QED) is 0.684. The van der Waals surface area contributed by atoms with Crippen LogP contribution in [0.3, 0.4) is 0 Å². The molecule has 3 N–H and O–H groups in total. The van der Waals surface area contributed by atoms with Crippen molar-refractivity contribution in [2.45, 2.75) is 26.3 Å². The molecule has 1 fully saturated rings. The SMILES string of the molecule is CCc1ccccc1NC(=O)CN1CCN(C(=O)C(N)c2ccc(C)cc2)CC1.Cl.Cl. The summed E-state index contributed by atoms with van der Waals surface area (Å²) in [5.74, 6) is -0.0862. The molecule has 1 aliphatic rings. The minimum absolute atomic E-state index is 0. The molecular formula is C23H32Cl2N4O2. The van der Waals surface area contributed by atoms with Gasteiger partial charge in [0, 0.05) is 31.9 Å². The first-order chi connectivity index (χ1) is 14.0. The number of anilines is 1. The van der Waals surface area contributed by atoms with Crippen LogP contribution in [0.5, 0.6) is 0 Å². The Morgan fingerprint density at radius 2 is 1.61 bits per heavy atom. The number of carbonyl (C=O) groups is 2. The van der Waals surface area contributed by atoms with Crippen LogP contribution in [0.2, 0.25) is 0 Å². The number of amides is 2. The summed E-state index contributed by atoms with van der Waals surface area (Å²) in [5.41, 5.74) is 10.1. The van der Waals surface area contributed by atoms with Gasteiger partial charge in [-0.3, -0.25) is 14.5 Å². The number of para-hydroxylation sites is 1. The molecule has 0 saturated carbocycles. The lowest BCUT2D eigenvalue weighted by molar-refractivity contribution is -0.134. The second-order valence-electron chi connectivity index (χ2n) is 7.55. The predicted octanol–water partition coefficient (Wildman–Crippen LogP) is 3.18. The number of halogens is 2. The zero-order valence-corrected chi connectivity index (χ0v) is 19.7. The molecule has 1 aliphatic heterocycles. The summed E-state index contributed by atoms with van der Waals surface area (Å²) in [6.45, 7) is 6.89. The van der Waals surface area contributed by atoms with E-state index in [4.69, 9.17) is 5.73 Å². The molecule has 1 heterocycles. The fraction of sp³-hybridized carbons (Fsp3) is 0.391. The Hall–Kier alpha value is -2.12. The first-order valence-corrected chi connectivity index (χ1v) is 10.2. The smallest absolute Gasteiger partial charge is 0.244 e. The van der Waals surface area contributed by atoms with Gasteiger partial charge in [0.2, 0.25) is 11.8 Å². The molecule has 1 atom stereocenters. The number of benzene rings is 2. The van der Waals surface area contributed by atoms with Crippen LogP contribution in [0.1, 0.15) is 29.7 Å². The van der Waals surface area contributed by atoms with Crippen LogP contribution >= 0.6 is 24.8 Å². The van der Waals surface area contributed by atoms with Crippen molar-refractivity contribution in [3.8, 4) is 0 Å². The number of hydrogen-bond acceptors (Lipinski definition) is 4. The summed E-state index contributed by atoms with van der Waals surface area (Å²) < 4.78 is 0. The maximum absolute atomic E-state index is 12.7. The van der Waals surface area contributed by atoms with Crippen LogP contribution in [0.15, 0.2) is 48.5 Å². The third-order valence-electron chi connectivity index (χ3n) is 5.43. The lowest BCUT2D eigenvalue weighted by Crippen LogP contribution is -2.52. The fourth-order valence-corrected chi connectivity index (χ4v) is 3.58. The van der Waals surface area contributed by atoms with E-state index in [2.05, 4.69) is 17.1 Å². The van der Waals surface area contributed by atoms with Crippen molar-refractivity contribution in [3.63, 3.8) is 0 Å². The van der Waals surface area contributed by atoms with Gasteiger partial charge in [-0.2, -0.15) is 0 Å². The molecule has 3 rings (SSSR count). The van der Waals surface area contributed by atoms with Gasteiger partial charge in [0.25, 0.3) is 0 Å². The van der Waals surface area contributed by atoms with E-state index in [1.807, 2.05) is 55.5 Å². The van der Waals surface area contributed by atoms with E-state index in [1.54, 1.807) is 4.90 Å². The van der Waals surface area contributed by atoms with Gasteiger partial charge >= 0.3 is 0 Å². The normalized spacial score (nSPS) is 14.7. The highest BCUT2D eigenvalue weighted by Gasteiger charge is 2.26. The van der Waals surface area contributed by atoms with Gasteiger partial charge in [-0.25, -0.2) is 0 Å². The minimum atomic E-state index is -0.643. The summed E-state index contributed by atoms with van der Waals surface area (Å²) in [4.78, 5) is 29.0. The average Bonchev–Trinajstić information content (AvgIpc) is 2.74. The average molecular weight is 467 g/mol. The lowest BCUT2D eigenvalue weighted by atomic mass is 10.0. The van der Waals surface area contributed by atoms with Crippen molar-refractivity contribution in [2.75, 3.05) is 38.0 Å². The molecule has 170 valence electrons. The van der Waals surface area contributed by atoms with E-state index in [0.717, 1.165) is 28.8 Å². The molecule has 8 heteroatoms. The third-order valence-corrected chi connectivity index (χ3v) is 5.43. The zero-order valence-electron chi connectivity index (χ0n) is 18.0. The molecule has 0 spiro atoms. The molecule has 0 aliphatic carbocycles. The molecule has 0 bridgehead atoms. The Morgan fingerprint density at radius 1 is 1.00 bits per heavy atom. The van der Waals surface area contributed by atoms with E-state index in [9.17, 15) is 9.59 Å². The molecule has 2 amide bonds. The van der Waals surface area contributed by atoms with Crippen LogP contribution in [-0.2, 0) is 16.0 Å². The van der Waals surface area contributed by atoms with Crippen molar-refractivity contribution in [3.05, 3.63) is 65.2 Å². The second-order valence-corrected chi connectivity index (χ2v) is 7.55. The van der Waals surface area contributed by atoms with E-state index in [-0.39, 0.29) is 36.6 Å². The summed E-state index contributed by atoms with van der Waals surface area (Å²) in [5, 5.41) is 3.01.